The number of rotatable bonds is 5. The largest absolute Gasteiger partial charge is 0.466 e. The van der Waals surface area contributed by atoms with E-state index in [1.54, 1.807) is 6.92 Å². The molecule has 0 saturated carbocycles. The van der Waals surface area contributed by atoms with Gasteiger partial charge in [-0.1, -0.05) is 0 Å². The molecule has 0 atom stereocenters. The number of halogens is 1. The maximum Gasteiger partial charge on any atom is 0.307 e. The summed E-state index contributed by atoms with van der Waals surface area (Å²) >= 11 is 5.51. The van der Waals surface area contributed by atoms with E-state index in [1.807, 2.05) is 0 Å². The van der Waals surface area contributed by atoms with Gasteiger partial charge in [-0.05, 0) is 30.7 Å². The van der Waals surface area contributed by atoms with Gasteiger partial charge in [0.25, 0.3) is 5.91 Å². The predicted octanol–water partition coefficient (Wildman–Crippen LogP) is 1.62. The molecule has 1 amide bonds. The Labute approximate surface area is 97.7 Å². The number of carbonyl (C=O) groups excluding carboxylic acids is 2. The van der Waals surface area contributed by atoms with Crippen LogP contribution in [0.25, 0.3) is 0 Å². The second kappa shape index (κ2) is 6.17. The Morgan fingerprint density at radius 1 is 1.50 bits per heavy atom. The summed E-state index contributed by atoms with van der Waals surface area (Å²) in [4.78, 5) is 22.3. The van der Waals surface area contributed by atoms with Gasteiger partial charge >= 0.3 is 5.97 Å². The normalized spacial score (nSPS) is 9.88. The Morgan fingerprint density at radius 2 is 2.25 bits per heavy atom. The zero-order chi connectivity index (χ0) is 12.0. The molecule has 6 heteroatoms. The summed E-state index contributed by atoms with van der Waals surface area (Å²) in [6.07, 6.45) is 0.133. The second-order valence-electron chi connectivity index (χ2n) is 2.91. The molecule has 16 heavy (non-hydrogen) atoms. The molecule has 0 spiro atoms. The van der Waals surface area contributed by atoms with E-state index >= 15 is 0 Å². The van der Waals surface area contributed by atoms with Gasteiger partial charge in [-0.15, -0.1) is 0 Å². The fourth-order valence-electron chi connectivity index (χ4n) is 1.03. The third-order valence-electron chi connectivity index (χ3n) is 1.72. The average molecular weight is 246 g/mol. The zero-order valence-electron chi connectivity index (χ0n) is 8.79. The van der Waals surface area contributed by atoms with E-state index in [-0.39, 0.29) is 29.9 Å². The van der Waals surface area contributed by atoms with Crippen molar-refractivity contribution in [2.45, 2.75) is 13.3 Å². The molecule has 0 aromatic carbocycles. The van der Waals surface area contributed by atoms with Crippen molar-refractivity contribution in [3.63, 3.8) is 0 Å². The first-order valence-corrected chi connectivity index (χ1v) is 5.20. The van der Waals surface area contributed by atoms with Crippen molar-refractivity contribution >= 4 is 23.5 Å². The third-order valence-corrected chi connectivity index (χ3v) is 1.92. The van der Waals surface area contributed by atoms with E-state index in [2.05, 4.69) is 5.32 Å². The fourth-order valence-corrected chi connectivity index (χ4v) is 1.18. The van der Waals surface area contributed by atoms with Crippen LogP contribution < -0.4 is 5.32 Å². The van der Waals surface area contributed by atoms with Gasteiger partial charge < -0.3 is 14.5 Å². The van der Waals surface area contributed by atoms with Gasteiger partial charge in [0.2, 0.25) is 0 Å². The Kier molecular flexibility index (Phi) is 4.85. The van der Waals surface area contributed by atoms with Crippen molar-refractivity contribution in [1.29, 1.82) is 0 Å². The molecule has 0 radical (unpaired) electrons. The minimum Gasteiger partial charge on any atom is -0.466 e. The number of esters is 1. The number of ether oxygens (including phenoxy) is 1. The summed E-state index contributed by atoms with van der Waals surface area (Å²) in [5.41, 5.74) is 0. The minimum absolute atomic E-state index is 0.119. The number of nitrogens with one attached hydrogen (secondary N) is 1. The standard InChI is InChI=1S/C10H12ClNO4/c1-2-15-9(13)5-6-12-10(14)7-3-4-8(11)16-7/h3-4H,2,5-6H2,1H3,(H,12,14). The summed E-state index contributed by atoms with van der Waals surface area (Å²) in [5.74, 6) is -0.634. The van der Waals surface area contributed by atoms with Gasteiger partial charge in [-0.25, -0.2) is 0 Å². The van der Waals surface area contributed by atoms with E-state index in [9.17, 15) is 9.59 Å². The molecule has 5 nitrogen and oxygen atoms in total. The van der Waals surface area contributed by atoms with Crippen LogP contribution in [0.2, 0.25) is 5.22 Å². The van der Waals surface area contributed by atoms with E-state index in [4.69, 9.17) is 20.8 Å². The van der Waals surface area contributed by atoms with Crippen LogP contribution in [0.3, 0.4) is 0 Å². The quantitative estimate of drug-likeness (QED) is 0.801. The molecule has 1 heterocycles. The fraction of sp³-hybridized carbons (Fsp3) is 0.400. The number of furan rings is 1. The maximum atomic E-state index is 11.4. The first-order chi connectivity index (χ1) is 7.63. The summed E-state index contributed by atoms with van der Waals surface area (Å²) in [7, 11) is 0. The first kappa shape index (κ1) is 12.6. The Morgan fingerprint density at radius 3 is 2.81 bits per heavy atom. The van der Waals surface area contributed by atoms with E-state index in [1.165, 1.54) is 12.1 Å². The van der Waals surface area contributed by atoms with Crippen molar-refractivity contribution in [3.05, 3.63) is 23.1 Å². The highest BCUT2D eigenvalue weighted by atomic mass is 35.5. The maximum absolute atomic E-state index is 11.4. The van der Waals surface area contributed by atoms with Crippen LogP contribution in [-0.4, -0.2) is 25.0 Å². The van der Waals surface area contributed by atoms with Crippen molar-refractivity contribution in [1.82, 2.24) is 5.32 Å². The highest BCUT2D eigenvalue weighted by molar-refractivity contribution is 6.29. The van der Waals surface area contributed by atoms with Crippen molar-refractivity contribution < 1.29 is 18.7 Å². The van der Waals surface area contributed by atoms with Crippen LogP contribution in [0.4, 0.5) is 0 Å². The molecule has 0 saturated heterocycles. The molecule has 1 rings (SSSR count). The smallest absolute Gasteiger partial charge is 0.307 e. The van der Waals surface area contributed by atoms with E-state index in [0.717, 1.165) is 0 Å². The molecule has 0 aliphatic carbocycles. The summed E-state index contributed by atoms with van der Waals surface area (Å²) in [6, 6.07) is 2.93. The molecule has 1 aromatic rings. The van der Waals surface area contributed by atoms with Crippen LogP contribution in [0.1, 0.15) is 23.9 Å². The average Bonchev–Trinajstić information content (AvgIpc) is 2.65. The van der Waals surface area contributed by atoms with Crippen molar-refractivity contribution in [2.75, 3.05) is 13.2 Å². The third kappa shape index (κ3) is 3.94. The molecule has 0 fully saturated rings. The van der Waals surface area contributed by atoms with Crippen LogP contribution in [-0.2, 0) is 9.53 Å². The highest BCUT2D eigenvalue weighted by Crippen LogP contribution is 2.12. The molecule has 0 aliphatic rings. The lowest BCUT2D eigenvalue weighted by molar-refractivity contribution is -0.142. The lowest BCUT2D eigenvalue weighted by Crippen LogP contribution is -2.26. The number of carbonyl (C=O) groups is 2. The minimum atomic E-state index is -0.406. The van der Waals surface area contributed by atoms with Gasteiger partial charge in [0.15, 0.2) is 11.0 Å². The van der Waals surface area contributed by atoms with E-state index in [0.29, 0.717) is 6.61 Å². The van der Waals surface area contributed by atoms with E-state index < -0.39 is 5.91 Å². The van der Waals surface area contributed by atoms with Crippen molar-refractivity contribution in [3.8, 4) is 0 Å². The zero-order valence-corrected chi connectivity index (χ0v) is 9.54. The van der Waals surface area contributed by atoms with Gasteiger partial charge in [0.1, 0.15) is 0 Å². The van der Waals surface area contributed by atoms with Gasteiger partial charge in [0.05, 0.1) is 13.0 Å². The molecule has 1 N–H and O–H groups in total. The molecule has 88 valence electrons. The number of hydrogen-bond acceptors (Lipinski definition) is 4. The SMILES string of the molecule is CCOC(=O)CCNC(=O)c1ccc(Cl)o1. The molecule has 1 aromatic heterocycles. The first-order valence-electron chi connectivity index (χ1n) is 4.82. The lowest BCUT2D eigenvalue weighted by Gasteiger charge is -2.02. The molecule has 0 aliphatic heterocycles. The van der Waals surface area contributed by atoms with Crippen molar-refractivity contribution in [2.24, 2.45) is 0 Å². The molecule has 0 unspecified atom stereocenters. The molecule has 0 bridgehead atoms. The molecular weight excluding hydrogens is 234 g/mol. The number of hydrogen-bond donors (Lipinski definition) is 1. The van der Waals surface area contributed by atoms with Crippen LogP contribution in [0.5, 0.6) is 0 Å². The highest BCUT2D eigenvalue weighted by Gasteiger charge is 2.10. The monoisotopic (exact) mass is 245 g/mol. The summed E-state index contributed by atoms with van der Waals surface area (Å²) < 4.78 is 9.59. The van der Waals surface area contributed by atoms with Gasteiger partial charge in [0, 0.05) is 6.54 Å². The van der Waals surface area contributed by atoms with Crippen LogP contribution in [0, 0.1) is 0 Å². The molecular formula is C10H12ClNO4. The topological polar surface area (TPSA) is 68.5 Å². The lowest BCUT2D eigenvalue weighted by atomic mass is 10.4. The number of amides is 1. The van der Waals surface area contributed by atoms with Gasteiger partial charge in [-0.3, -0.25) is 9.59 Å². The second-order valence-corrected chi connectivity index (χ2v) is 3.29. The van der Waals surface area contributed by atoms with Crippen LogP contribution in [0.15, 0.2) is 16.5 Å². The Hall–Kier alpha value is -1.49. The predicted molar refractivity (Wildman–Crippen MR) is 57.3 cm³/mol. The Balaban J connectivity index is 2.28. The Bertz CT molecular complexity index is 375. The van der Waals surface area contributed by atoms with Crippen LogP contribution >= 0.6 is 11.6 Å². The van der Waals surface area contributed by atoms with Gasteiger partial charge in [-0.2, -0.15) is 0 Å². The summed E-state index contributed by atoms with van der Waals surface area (Å²) in [6.45, 7) is 2.26. The summed E-state index contributed by atoms with van der Waals surface area (Å²) in [5, 5.41) is 2.66.